The number of Topliss-reactive ketones (excluding diaryl/α,β-unsaturated/α-hetero) is 1. The van der Waals surface area contributed by atoms with Gasteiger partial charge in [0, 0.05) is 29.2 Å². The normalized spacial score (nSPS) is 12.8. The van der Waals surface area contributed by atoms with Gasteiger partial charge in [-0.1, -0.05) is 68.0 Å². The molecule has 0 spiro atoms. The van der Waals surface area contributed by atoms with Gasteiger partial charge in [-0.3, -0.25) is 9.79 Å². The predicted octanol–water partition coefficient (Wildman–Crippen LogP) is 5.69. The second kappa shape index (κ2) is 7.69. The largest absolute Gasteiger partial charge is 0.329 e. The van der Waals surface area contributed by atoms with Crippen LogP contribution < -0.4 is 5.32 Å². The summed E-state index contributed by atoms with van der Waals surface area (Å²) in [5.41, 5.74) is 4.44. The number of nitrogens with zero attached hydrogens (tertiary/aromatic N) is 3. The number of fused-ring (bicyclic) bond motifs is 1. The molecule has 0 bridgehead atoms. The first-order valence-corrected chi connectivity index (χ1v) is 10.5. The van der Waals surface area contributed by atoms with Crippen LogP contribution in [-0.2, 0) is 17.8 Å². The lowest BCUT2D eigenvalue weighted by Gasteiger charge is -2.16. The van der Waals surface area contributed by atoms with Gasteiger partial charge in [0.05, 0.1) is 17.3 Å². The van der Waals surface area contributed by atoms with Crippen LogP contribution in [0.2, 0.25) is 5.02 Å². The van der Waals surface area contributed by atoms with E-state index in [9.17, 15) is 4.79 Å². The van der Waals surface area contributed by atoms with E-state index in [4.69, 9.17) is 11.6 Å². The number of carbonyl (C=O) groups is 1. The lowest BCUT2D eigenvalue weighted by molar-refractivity contribution is -0.125. The summed E-state index contributed by atoms with van der Waals surface area (Å²) in [5, 5.41) is 13.9. The van der Waals surface area contributed by atoms with Crippen molar-refractivity contribution >= 4 is 45.8 Å². The molecule has 1 N–H and O–H groups in total. The number of aromatic nitrogens is 2. The van der Waals surface area contributed by atoms with Gasteiger partial charge in [0.2, 0.25) is 5.13 Å². The molecular weight excluding hydrogens is 404 g/mol. The van der Waals surface area contributed by atoms with Crippen molar-refractivity contribution in [3.8, 4) is 10.6 Å². The summed E-state index contributed by atoms with van der Waals surface area (Å²) in [6, 6.07) is 11.9. The second-order valence-electron chi connectivity index (χ2n) is 8.06. The van der Waals surface area contributed by atoms with Crippen LogP contribution in [-0.4, -0.2) is 22.2 Å². The van der Waals surface area contributed by atoms with Crippen molar-refractivity contribution in [1.82, 2.24) is 10.2 Å². The number of hydrogen-bond acceptors (Lipinski definition) is 6. The van der Waals surface area contributed by atoms with E-state index in [0.29, 0.717) is 23.1 Å². The first kappa shape index (κ1) is 19.7. The maximum Gasteiger partial charge on any atom is 0.210 e. The molecule has 4 rings (SSSR count). The number of hydrogen-bond donors (Lipinski definition) is 1. The molecule has 3 aromatic rings. The summed E-state index contributed by atoms with van der Waals surface area (Å²) < 4.78 is 0. The Balaban J connectivity index is 1.53. The van der Waals surface area contributed by atoms with Gasteiger partial charge in [0.15, 0.2) is 0 Å². The number of rotatable bonds is 5. The second-order valence-corrected chi connectivity index (χ2v) is 9.41. The molecule has 2 heterocycles. The molecule has 0 unspecified atom stereocenters. The Hall–Kier alpha value is -2.57. The fourth-order valence-electron chi connectivity index (χ4n) is 3.01. The minimum Gasteiger partial charge on any atom is -0.329 e. The van der Waals surface area contributed by atoms with Crippen molar-refractivity contribution in [2.75, 3.05) is 5.32 Å². The van der Waals surface area contributed by atoms with Crippen molar-refractivity contribution in [3.05, 3.63) is 58.1 Å². The van der Waals surface area contributed by atoms with Crippen LogP contribution in [0, 0.1) is 5.41 Å². The molecule has 0 fully saturated rings. The molecule has 0 saturated carbocycles. The van der Waals surface area contributed by atoms with Crippen molar-refractivity contribution < 1.29 is 4.79 Å². The molecule has 5 nitrogen and oxygen atoms in total. The highest BCUT2D eigenvalue weighted by Gasteiger charge is 2.21. The minimum absolute atomic E-state index is 0.212. The highest BCUT2D eigenvalue weighted by Crippen LogP contribution is 2.35. The SMILES string of the molecule is CC(C)(C)C(=O)Cc1cccc(-c2nnc(Nc3ccc4c(c3Cl)C=NC4)s2)c1. The molecule has 1 aliphatic rings. The van der Waals surface area contributed by atoms with Crippen molar-refractivity contribution in [3.63, 3.8) is 0 Å². The first-order valence-electron chi connectivity index (χ1n) is 9.35. The fraction of sp³-hybridized carbons (Fsp3) is 0.273. The van der Waals surface area contributed by atoms with Crippen LogP contribution >= 0.6 is 22.9 Å². The van der Waals surface area contributed by atoms with Crippen LogP contribution in [0.3, 0.4) is 0 Å². The van der Waals surface area contributed by atoms with E-state index in [1.54, 1.807) is 6.21 Å². The zero-order valence-corrected chi connectivity index (χ0v) is 18.1. The molecule has 148 valence electrons. The third kappa shape index (κ3) is 4.23. The van der Waals surface area contributed by atoms with Gasteiger partial charge in [0.1, 0.15) is 10.8 Å². The Bertz CT molecular complexity index is 1110. The summed E-state index contributed by atoms with van der Waals surface area (Å²) in [4.78, 5) is 16.6. The third-order valence-electron chi connectivity index (χ3n) is 4.79. The molecule has 1 aromatic heterocycles. The van der Waals surface area contributed by atoms with Gasteiger partial charge < -0.3 is 5.32 Å². The van der Waals surface area contributed by atoms with E-state index < -0.39 is 0 Å². The number of aliphatic imine (C=N–C) groups is 1. The van der Waals surface area contributed by atoms with Crippen LogP contribution in [0.1, 0.15) is 37.5 Å². The number of ketones is 1. The minimum atomic E-state index is -0.352. The van der Waals surface area contributed by atoms with E-state index in [-0.39, 0.29) is 11.2 Å². The van der Waals surface area contributed by atoms with Gasteiger partial charge in [-0.25, -0.2) is 0 Å². The molecule has 7 heteroatoms. The number of halogens is 1. The molecule has 0 saturated heterocycles. The van der Waals surface area contributed by atoms with E-state index in [1.165, 1.54) is 11.3 Å². The number of nitrogens with one attached hydrogen (secondary N) is 1. The zero-order chi connectivity index (χ0) is 20.6. The van der Waals surface area contributed by atoms with Gasteiger partial charge in [-0.15, -0.1) is 10.2 Å². The Kier molecular flexibility index (Phi) is 5.23. The van der Waals surface area contributed by atoms with Crippen molar-refractivity contribution in [2.45, 2.75) is 33.7 Å². The fourth-order valence-corrected chi connectivity index (χ4v) is 4.05. The number of carbonyl (C=O) groups excluding carboxylic acids is 1. The van der Waals surface area contributed by atoms with Crippen LogP contribution in [0.4, 0.5) is 10.8 Å². The molecular formula is C22H21ClN4OS. The van der Waals surface area contributed by atoms with Gasteiger partial charge >= 0.3 is 0 Å². The van der Waals surface area contributed by atoms with Gasteiger partial charge in [-0.2, -0.15) is 0 Å². The maximum atomic E-state index is 12.3. The predicted molar refractivity (Wildman–Crippen MR) is 120 cm³/mol. The molecule has 0 amide bonds. The van der Waals surface area contributed by atoms with Crippen LogP contribution in [0.15, 0.2) is 41.4 Å². The molecule has 29 heavy (non-hydrogen) atoms. The van der Waals surface area contributed by atoms with E-state index in [0.717, 1.165) is 32.9 Å². The quantitative estimate of drug-likeness (QED) is 0.571. The third-order valence-corrected chi connectivity index (χ3v) is 6.09. The number of benzene rings is 2. The van der Waals surface area contributed by atoms with Crippen LogP contribution in [0.5, 0.6) is 0 Å². The topological polar surface area (TPSA) is 67.2 Å². The zero-order valence-electron chi connectivity index (χ0n) is 16.5. The molecule has 0 radical (unpaired) electrons. The first-order chi connectivity index (χ1) is 13.8. The smallest absolute Gasteiger partial charge is 0.210 e. The standard InChI is InChI=1S/C22H21ClN4OS/c1-22(2,3)18(28)10-13-5-4-6-14(9-13)20-26-27-21(29-20)25-17-8-7-15-11-24-12-16(15)19(17)23/h4-9,12H,10-11H2,1-3H3,(H,25,27). The maximum absolute atomic E-state index is 12.3. The summed E-state index contributed by atoms with van der Waals surface area (Å²) in [6.07, 6.45) is 2.21. The van der Waals surface area contributed by atoms with E-state index >= 15 is 0 Å². The summed E-state index contributed by atoms with van der Waals surface area (Å²) in [5.74, 6) is 0.212. The molecule has 2 aromatic carbocycles. The van der Waals surface area contributed by atoms with E-state index in [1.807, 2.05) is 57.2 Å². The average molecular weight is 425 g/mol. The molecule has 1 aliphatic heterocycles. The number of anilines is 2. The Morgan fingerprint density at radius 3 is 2.83 bits per heavy atom. The van der Waals surface area contributed by atoms with Crippen molar-refractivity contribution in [2.24, 2.45) is 10.4 Å². The Labute approximate surface area is 178 Å². The monoisotopic (exact) mass is 424 g/mol. The van der Waals surface area contributed by atoms with Crippen molar-refractivity contribution in [1.29, 1.82) is 0 Å². The molecule has 0 atom stereocenters. The highest BCUT2D eigenvalue weighted by atomic mass is 35.5. The van der Waals surface area contributed by atoms with E-state index in [2.05, 4.69) is 20.5 Å². The lowest BCUT2D eigenvalue weighted by atomic mass is 9.87. The van der Waals surface area contributed by atoms with Crippen LogP contribution in [0.25, 0.3) is 10.6 Å². The van der Waals surface area contributed by atoms with Gasteiger partial charge in [0.25, 0.3) is 0 Å². The Morgan fingerprint density at radius 1 is 1.21 bits per heavy atom. The summed E-state index contributed by atoms with van der Waals surface area (Å²) >= 11 is 7.95. The Morgan fingerprint density at radius 2 is 2.03 bits per heavy atom. The van der Waals surface area contributed by atoms with Gasteiger partial charge in [-0.05, 0) is 23.3 Å². The average Bonchev–Trinajstić information content (AvgIpc) is 3.33. The highest BCUT2D eigenvalue weighted by molar-refractivity contribution is 7.18. The lowest BCUT2D eigenvalue weighted by Crippen LogP contribution is -2.22. The molecule has 0 aliphatic carbocycles. The summed E-state index contributed by atoms with van der Waals surface area (Å²) in [7, 11) is 0. The summed E-state index contributed by atoms with van der Waals surface area (Å²) in [6.45, 7) is 6.50.